The highest BCUT2D eigenvalue weighted by atomic mass is 16.1. The van der Waals surface area contributed by atoms with Crippen LogP contribution in [0.1, 0.15) is 41.2 Å². The van der Waals surface area contributed by atoms with Gasteiger partial charge in [0.15, 0.2) is 0 Å². The van der Waals surface area contributed by atoms with Gasteiger partial charge in [-0.1, -0.05) is 6.07 Å². The summed E-state index contributed by atoms with van der Waals surface area (Å²) in [6, 6.07) is 14.6. The van der Waals surface area contributed by atoms with Crippen molar-refractivity contribution < 1.29 is 4.79 Å². The Morgan fingerprint density at radius 2 is 1.82 bits per heavy atom. The fourth-order valence-corrected chi connectivity index (χ4v) is 3.82. The van der Waals surface area contributed by atoms with Crippen LogP contribution in [0, 0.1) is 25.2 Å². The Hall–Kier alpha value is -4.31. The maximum Gasteiger partial charge on any atom is 0.258 e. The Morgan fingerprint density at radius 1 is 1.06 bits per heavy atom. The molecule has 7 nitrogen and oxygen atoms in total. The molecule has 3 aromatic heterocycles. The number of anilines is 1. The maximum atomic E-state index is 13.2. The van der Waals surface area contributed by atoms with Crippen LogP contribution >= 0.6 is 0 Å². The van der Waals surface area contributed by atoms with Gasteiger partial charge in [-0.05, 0) is 75.2 Å². The van der Waals surface area contributed by atoms with Crippen LogP contribution < -0.4 is 10.9 Å². The highest BCUT2D eigenvalue weighted by Crippen LogP contribution is 2.27. The van der Waals surface area contributed by atoms with Gasteiger partial charge < -0.3 is 9.88 Å². The quantitative estimate of drug-likeness (QED) is 0.486. The molecule has 1 aromatic carbocycles. The number of aromatic nitrogens is 3. The topological polar surface area (TPSA) is 101 Å². The molecule has 0 saturated carbocycles. The summed E-state index contributed by atoms with van der Waals surface area (Å²) in [6.45, 7) is 7.33. The minimum Gasteiger partial charge on any atom is -0.322 e. The molecule has 0 radical (unpaired) electrons. The number of amides is 1. The van der Waals surface area contributed by atoms with Crippen molar-refractivity contribution in [2.45, 2.75) is 33.1 Å². The van der Waals surface area contributed by atoms with Gasteiger partial charge in [0.2, 0.25) is 0 Å². The molecule has 0 saturated heterocycles. The van der Waals surface area contributed by atoms with E-state index in [0.29, 0.717) is 22.5 Å². The number of pyridine rings is 3. The second-order valence-electron chi connectivity index (χ2n) is 8.96. The molecule has 0 unspecified atom stereocenters. The smallest absolute Gasteiger partial charge is 0.258 e. The first-order valence-corrected chi connectivity index (χ1v) is 10.9. The average molecular weight is 452 g/mol. The fraction of sp³-hybridized carbons (Fsp3) is 0.222. The molecule has 0 aliphatic rings. The monoisotopic (exact) mass is 451 g/mol. The maximum absolute atomic E-state index is 13.2. The Bertz CT molecular complexity index is 1540. The number of hydrogen-bond acceptors (Lipinski definition) is 5. The number of fused-ring (bicyclic) bond motifs is 1. The van der Waals surface area contributed by atoms with Crippen molar-refractivity contribution in [3.05, 3.63) is 87.7 Å². The molecular weight excluding hydrogens is 426 g/mol. The van der Waals surface area contributed by atoms with E-state index in [1.165, 1.54) is 6.20 Å². The molecule has 7 heteroatoms. The molecule has 34 heavy (non-hydrogen) atoms. The summed E-state index contributed by atoms with van der Waals surface area (Å²) in [7, 11) is 1.75. The zero-order valence-corrected chi connectivity index (χ0v) is 19.8. The lowest BCUT2D eigenvalue weighted by atomic mass is 9.90. The molecule has 1 amide bonds. The van der Waals surface area contributed by atoms with Gasteiger partial charge in [-0.3, -0.25) is 19.6 Å². The first-order valence-electron chi connectivity index (χ1n) is 10.9. The van der Waals surface area contributed by atoms with Crippen molar-refractivity contribution in [1.29, 1.82) is 5.26 Å². The molecule has 0 atom stereocenters. The van der Waals surface area contributed by atoms with Crippen molar-refractivity contribution in [2.75, 3.05) is 5.32 Å². The van der Waals surface area contributed by atoms with Crippen molar-refractivity contribution >= 4 is 22.5 Å². The van der Waals surface area contributed by atoms with Gasteiger partial charge >= 0.3 is 0 Å². The fourth-order valence-electron chi connectivity index (χ4n) is 3.82. The number of hydrogen-bond donors (Lipinski definition) is 1. The number of nitriles is 1. The van der Waals surface area contributed by atoms with E-state index in [-0.39, 0.29) is 11.5 Å². The van der Waals surface area contributed by atoms with Crippen molar-refractivity contribution in [1.82, 2.24) is 14.5 Å². The molecule has 0 fully saturated rings. The molecule has 170 valence electrons. The number of nitrogens with one attached hydrogen (secondary N) is 1. The highest BCUT2D eigenvalue weighted by molar-refractivity contribution is 6.04. The zero-order chi connectivity index (χ0) is 24.6. The van der Waals surface area contributed by atoms with E-state index in [4.69, 9.17) is 0 Å². The van der Waals surface area contributed by atoms with E-state index >= 15 is 0 Å². The van der Waals surface area contributed by atoms with Crippen molar-refractivity contribution in [3.8, 4) is 17.2 Å². The predicted molar refractivity (Wildman–Crippen MR) is 133 cm³/mol. The summed E-state index contributed by atoms with van der Waals surface area (Å²) in [4.78, 5) is 34.7. The van der Waals surface area contributed by atoms with Crippen LogP contribution in [0.2, 0.25) is 0 Å². The summed E-state index contributed by atoms with van der Waals surface area (Å²) in [6.07, 6.45) is 3.29. The number of carbonyl (C=O) groups excluding carboxylic acids is 1. The predicted octanol–water partition coefficient (Wildman–Crippen LogP) is 4.67. The van der Waals surface area contributed by atoms with Crippen LogP contribution in [0.4, 0.5) is 5.69 Å². The van der Waals surface area contributed by atoms with E-state index in [1.807, 2.05) is 32.0 Å². The number of benzene rings is 1. The Morgan fingerprint density at radius 3 is 2.56 bits per heavy atom. The number of aryl methyl sites for hydroxylation is 3. The van der Waals surface area contributed by atoms with Gasteiger partial charge in [-0.15, -0.1) is 0 Å². The second kappa shape index (κ2) is 8.56. The Balaban J connectivity index is 1.72. The second-order valence-corrected chi connectivity index (χ2v) is 8.96. The van der Waals surface area contributed by atoms with Gasteiger partial charge in [0.1, 0.15) is 0 Å². The normalized spacial score (nSPS) is 11.3. The van der Waals surface area contributed by atoms with Crippen LogP contribution in [-0.4, -0.2) is 20.4 Å². The summed E-state index contributed by atoms with van der Waals surface area (Å²) in [5.74, 6) is -0.321. The third kappa shape index (κ3) is 4.18. The lowest BCUT2D eigenvalue weighted by Crippen LogP contribution is -2.20. The molecule has 4 aromatic rings. The van der Waals surface area contributed by atoms with E-state index < -0.39 is 5.41 Å². The first-order chi connectivity index (χ1) is 16.1. The van der Waals surface area contributed by atoms with E-state index in [2.05, 4.69) is 21.4 Å². The molecule has 0 bridgehead atoms. The molecule has 0 aliphatic heterocycles. The molecule has 0 aliphatic carbocycles. The van der Waals surface area contributed by atoms with E-state index in [1.54, 1.807) is 55.9 Å². The Kier molecular flexibility index (Phi) is 5.76. The SMILES string of the molecule is Cc1cc2c(cn1)cc(-c1cc(NC(=O)c3ccnc(C(C)(C)C#N)c3)ccc1C)c(=O)n2C. The summed E-state index contributed by atoms with van der Waals surface area (Å²) >= 11 is 0. The number of rotatable bonds is 4. The third-order valence-corrected chi connectivity index (χ3v) is 5.97. The molecule has 1 N–H and O–H groups in total. The number of carbonyl (C=O) groups is 1. The molecular formula is C27H25N5O2. The van der Waals surface area contributed by atoms with Crippen LogP contribution in [0.15, 0.2) is 59.7 Å². The summed E-state index contributed by atoms with van der Waals surface area (Å²) in [5.41, 5.74) is 4.40. The lowest BCUT2D eigenvalue weighted by Gasteiger charge is -2.15. The van der Waals surface area contributed by atoms with Crippen LogP contribution in [-0.2, 0) is 12.5 Å². The van der Waals surface area contributed by atoms with E-state index in [0.717, 1.165) is 27.7 Å². The van der Waals surface area contributed by atoms with Crippen LogP contribution in [0.25, 0.3) is 22.0 Å². The minimum atomic E-state index is -0.809. The molecule has 0 spiro atoms. The van der Waals surface area contributed by atoms with Gasteiger partial charge in [0.25, 0.3) is 11.5 Å². The first kappa shape index (κ1) is 22.9. The third-order valence-electron chi connectivity index (χ3n) is 5.97. The minimum absolute atomic E-state index is 0.123. The van der Waals surface area contributed by atoms with Gasteiger partial charge in [0, 0.05) is 47.3 Å². The summed E-state index contributed by atoms with van der Waals surface area (Å²) in [5, 5.41) is 13.1. The van der Waals surface area contributed by atoms with Crippen LogP contribution in [0.5, 0.6) is 0 Å². The van der Waals surface area contributed by atoms with Gasteiger partial charge in [-0.25, -0.2) is 0 Å². The highest BCUT2D eigenvalue weighted by Gasteiger charge is 2.22. The summed E-state index contributed by atoms with van der Waals surface area (Å²) < 4.78 is 1.62. The number of nitrogens with zero attached hydrogens (tertiary/aromatic N) is 4. The Labute approximate surface area is 197 Å². The van der Waals surface area contributed by atoms with E-state index in [9.17, 15) is 14.9 Å². The zero-order valence-electron chi connectivity index (χ0n) is 19.8. The lowest BCUT2D eigenvalue weighted by molar-refractivity contribution is 0.102. The van der Waals surface area contributed by atoms with Crippen molar-refractivity contribution in [3.63, 3.8) is 0 Å². The standard InChI is InChI=1S/C27H25N5O2/c1-16-6-7-20(31-25(33)18-8-9-29-24(12-18)27(3,4)15-28)13-21(16)22-11-19-14-30-17(2)10-23(19)32(5)26(22)34/h6-14H,1-5H3,(H,31,33). The van der Waals surface area contributed by atoms with Crippen LogP contribution in [0.3, 0.4) is 0 Å². The average Bonchev–Trinajstić information content (AvgIpc) is 2.83. The van der Waals surface area contributed by atoms with Gasteiger partial charge in [-0.2, -0.15) is 5.26 Å². The van der Waals surface area contributed by atoms with Gasteiger partial charge in [0.05, 0.1) is 22.7 Å². The van der Waals surface area contributed by atoms with Crippen molar-refractivity contribution in [2.24, 2.45) is 7.05 Å². The molecule has 3 heterocycles. The largest absolute Gasteiger partial charge is 0.322 e. The molecule has 4 rings (SSSR count).